The lowest BCUT2D eigenvalue weighted by atomic mass is 9.80. The second-order valence-corrected chi connectivity index (χ2v) is 10.4. The standard InChI is InChI=1S/C24H18Br2O7/c25-13-5-1-12(2-6-13)22(28)32-14-7-3-11(4-8-14)17(27)10-31-23(29)18-15-9-16-19(18)24(30)33-21(16)20(15)26/h1-8,15-16,18-21H,9-10H2/t15-,16-,18-,19-,20-,21+/m1/s1. The molecule has 2 aliphatic carbocycles. The van der Waals surface area contributed by atoms with E-state index in [1.807, 2.05) is 0 Å². The molecule has 9 heteroatoms. The molecule has 2 aromatic carbocycles. The quantitative estimate of drug-likeness (QED) is 0.222. The van der Waals surface area contributed by atoms with Crippen molar-refractivity contribution in [3.05, 3.63) is 64.1 Å². The molecule has 1 heterocycles. The molecule has 2 aromatic rings. The zero-order valence-corrected chi connectivity index (χ0v) is 20.3. The maximum Gasteiger partial charge on any atom is 0.343 e. The molecule has 2 bridgehead atoms. The summed E-state index contributed by atoms with van der Waals surface area (Å²) in [5, 5.41) is 0. The van der Waals surface area contributed by atoms with Gasteiger partial charge in [0.25, 0.3) is 0 Å². The summed E-state index contributed by atoms with van der Waals surface area (Å²) in [6, 6.07) is 12.8. The van der Waals surface area contributed by atoms with E-state index in [-0.39, 0.29) is 40.3 Å². The van der Waals surface area contributed by atoms with E-state index in [4.69, 9.17) is 14.2 Å². The molecule has 2 saturated carbocycles. The number of carbonyl (C=O) groups excluding carboxylic acids is 4. The lowest BCUT2D eigenvalue weighted by Gasteiger charge is -2.26. The first kappa shape index (κ1) is 22.3. The van der Waals surface area contributed by atoms with Crippen molar-refractivity contribution >= 4 is 55.6 Å². The van der Waals surface area contributed by atoms with Gasteiger partial charge in [0, 0.05) is 16.0 Å². The van der Waals surface area contributed by atoms with Crippen LogP contribution in [0.4, 0.5) is 0 Å². The Bertz CT molecular complexity index is 1130. The van der Waals surface area contributed by atoms with Crippen LogP contribution in [0.25, 0.3) is 0 Å². The Morgan fingerprint density at radius 2 is 1.64 bits per heavy atom. The molecule has 6 atom stereocenters. The number of hydrogen-bond acceptors (Lipinski definition) is 7. The Morgan fingerprint density at radius 1 is 0.970 bits per heavy atom. The van der Waals surface area contributed by atoms with E-state index >= 15 is 0 Å². The number of hydrogen-bond donors (Lipinski definition) is 0. The number of Topliss-reactive ketones (excluding diaryl/α,β-unsaturated/α-hetero) is 1. The van der Waals surface area contributed by atoms with Gasteiger partial charge in [-0.3, -0.25) is 14.4 Å². The van der Waals surface area contributed by atoms with Crippen molar-refractivity contribution in [3.8, 4) is 5.75 Å². The van der Waals surface area contributed by atoms with Crippen LogP contribution in [0.3, 0.4) is 0 Å². The second-order valence-electron chi connectivity index (χ2n) is 8.41. The zero-order valence-electron chi connectivity index (χ0n) is 17.1. The zero-order chi connectivity index (χ0) is 23.3. The number of fused-ring (bicyclic) bond motifs is 1. The lowest BCUT2D eigenvalue weighted by Crippen LogP contribution is -2.39. The number of alkyl halides is 1. The summed E-state index contributed by atoms with van der Waals surface area (Å²) in [5.41, 5.74) is 0.715. The molecule has 0 aromatic heterocycles. The predicted octanol–water partition coefficient (Wildman–Crippen LogP) is 3.97. The smallest absolute Gasteiger partial charge is 0.343 e. The molecule has 0 radical (unpaired) electrons. The molecule has 3 aliphatic rings. The van der Waals surface area contributed by atoms with Gasteiger partial charge in [0.05, 0.1) is 22.2 Å². The van der Waals surface area contributed by atoms with E-state index in [2.05, 4.69) is 31.9 Å². The Morgan fingerprint density at radius 3 is 2.33 bits per heavy atom. The number of ketones is 1. The van der Waals surface area contributed by atoms with Gasteiger partial charge in [-0.1, -0.05) is 31.9 Å². The molecule has 0 unspecified atom stereocenters. The first-order valence-corrected chi connectivity index (χ1v) is 12.2. The largest absolute Gasteiger partial charge is 0.461 e. The predicted molar refractivity (Wildman–Crippen MR) is 122 cm³/mol. The molecule has 33 heavy (non-hydrogen) atoms. The molecule has 0 amide bonds. The molecule has 3 fully saturated rings. The summed E-state index contributed by atoms with van der Waals surface area (Å²) in [6.07, 6.45) is 0.570. The van der Waals surface area contributed by atoms with Crippen LogP contribution < -0.4 is 4.74 Å². The number of halogens is 2. The topological polar surface area (TPSA) is 96.0 Å². The van der Waals surface area contributed by atoms with Crippen LogP contribution in [0.1, 0.15) is 27.1 Å². The minimum Gasteiger partial charge on any atom is -0.461 e. The highest BCUT2D eigenvalue weighted by molar-refractivity contribution is 9.10. The monoisotopic (exact) mass is 576 g/mol. The number of esters is 3. The fourth-order valence-corrected chi connectivity index (χ4v) is 6.38. The van der Waals surface area contributed by atoms with Crippen molar-refractivity contribution in [1.82, 2.24) is 0 Å². The minimum absolute atomic E-state index is 0.0289. The van der Waals surface area contributed by atoms with Crippen LogP contribution in [0.2, 0.25) is 0 Å². The van der Waals surface area contributed by atoms with Gasteiger partial charge in [-0.25, -0.2) is 4.79 Å². The van der Waals surface area contributed by atoms with Gasteiger partial charge in [-0.15, -0.1) is 0 Å². The van der Waals surface area contributed by atoms with Crippen LogP contribution in [0, 0.1) is 23.7 Å². The highest BCUT2D eigenvalue weighted by Crippen LogP contribution is 2.60. The van der Waals surface area contributed by atoms with E-state index in [0.717, 1.165) is 10.9 Å². The fourth-order valence-electron chi connectivity index (χ4n) is 5.07. The number of carbonyl (C=O) groups is 4. The van der Waals surface area contributed by atoms with Gasteiger partial charge in [-0.2, -0.15) is 0 Å². The van der Waals surface area contributed by atoms with Crippen molar-refractivity contribution in [2.75, 3.05) is 6.61 Å². The molecule has 0 spiro atoms. The van der Waals surface area contributed by atoms with Crippen LogP contribution in [0.5, 0.6) is 5.75 Å². The van der Waals surface area contributed by atoms with E-state index < -0.39 is 30.4 Å². The molecular formula is C24H18Br2O7. The van der Waals surface area contributed by atoms with E-state index in [0.29, 0.717) is 11.1 Å². The summed E-state index contributed by atoms with van der Waals surface area (Å²) in [7, 11) is 0. The highest BCUT2D eigenvalue weighted by Gasteiger charge is 2.68. The number of ether oxygens (including phenoxy) is 3. The fraction of sp³-hybridized carbons (Fsp3) is 0.333. The van der Waals surface area contributed by atoms with Gasteiger partial charge >= 0.3 is 17.9 Å². The van der Waals surface area contributed by atoms with Crippen molar-refractivity contribution in [2.45, 2.75) is 17.4 Å². The van der Waals surface area contributed by atoms with Gasteiger partial charge < -0.3 is 14.2 Å². The summed E-state index contributed by atoms with van der Waals surface area (Å²) < 4.78 is 16.9. The van der Waals surface area contributed by atoms with Crippen LogP contribution >= 0.6 is 31.9 Å². The van der Waals surface area contributed by atoms with Crippen molar-refractivity contribution in [2.24, 2.45) is 23.7 Å². The van der Waals surface area contributed by atoms with E-state index in [1.54, 1.807) is 24.3 Å². The Kier molecular flexibility index (Phi) is 5.86. The van der Waals surface area contributed by atoms with Crippen LogP contribution in [-0.2, 0) is 19.1 Å². The van der Waals surface area contributed by atoms with Crippen molar-refractivity contribution in [1.29, 1.82) is 0 Å². The molecule has 1 aliphatic heterocycles. The van der Waals surface area contributed by atoms with Crippen molar-refractivity contribution in [3.63, 3.8) is 0 Å². The highest BCUT2D eigenvalue weighted by atomic mass is 79.9. The van der Waals surface area contributed by atoms with E-state index in [1.165, 1.54) is 24.3 Å². The number of benzene rings is 2. The second kappa shape index (κ2) is 8.68. The van der Waals surface area contributed by atoms with Crippen LogP contribution in [-0.4, -0.2) is 41.2 Å². The van der Waals surface area contributed by atoms with Gasteiger partial charge in [0.2, 0.25) is 0 Å². The average Bonchev–Trinajstić information content (AvgIpc) is 3.42. The molecule has 5 rings (SSSR count). The normalized spacial score (nSPS) is 29.0. The van der Waals surface area contributed by atoms with Crippen molar-refractivity contribution < 1.29 is 33.4 Å². The summed E-state index contributed by atoms with van der Waals surface area (Å²) in [4.78, 5) is 49.5. The summed E-state index contributed by atoms with van der Waals surface area (Å²) in [5.74, 6) is -2.56. The van der Waals surface area contributed by atoms with E-state index in [9.17, 15) is 19.2 Å². The van der Waals surface area contributed by atoms with Gasteiger partial charge in [-0.05, 0) is 60.9 Å². The summed E-state index contributed by atoms with van der Waals surface area (Å²) >= 11 is 6.86. The Hall–Kier alpha value is -2.52. The molecular weight excluding hydrogens is 560 g/mol. The molecule has 1 saturated heterocycles. The Labute approximate surface area is 206 Å². The van der Waals surface area contributed by atoms with Gasteiger partial charge in [0.1, 0.15) is 11.9 Å². The van der Waals surface area contributed by atoms with Gasteiger partial charge in [0.15, 0.2) is 12.4 Å². The maximum absolute atomic E-state index is 12.7. The summed E-state index contributed by atoms with van der Waals surface area (Å²) in [6.45, 7) is -0.428. The third kappa shape index (κ3) is 4.01. The first-order valence-electron chi connectivity index (χ1n) is 10.5. The minimum atomic E-state index is -0.584. The number of rotatable bonds is 6. The SMILES string of the molecule is O=C(COC(=O)[C@@H]1[C@H]2C[C@H]3[C@H](OC(=O)[C@H]31)[C@@H]2Br)c1ccc(OC(=O)c2ccc(Br)cc2)cc1. The lowest BCUT2D eigenvalue weighted by molar-refractivity contribution is -0.154. The average molecular weight is 578 g/mol. The Balaban J connectivity index is 1.17. The molecule has 0 N–H and O–H groups in total. The molecule has 170 valence electrons. The first-order chi connectivity index (χ1) is 15.8. The third-order valence-electron chi connectivity index (χ3n) is 6.61. The third-order valence-corrected chi connectivity index (χ3v) is 8.34. The molecule has 7 nitrogen and oxygen atoms in total. The van der Waals surface area contributed by atoms with Crippen LogP contribution in [0.15, 0.2) is 53.0 Å². The maximum atomic E-state index is 12.7.